The third kappa shape index (κ3) is 3.97. The molecule has 0 atom stereocenters. The van der Waals surface area contributed by atoms with Gasteiger partial charge in [0.05, 0.1) is 0 Å². The number of rotatable bonds is 5. The second-order valence-corrected chi connectivity index (χ2v) is 6.06. The fraction of sp³-hybridized carbons (Fsp3) is 1.00. The molecule has 0 radical (unpaired) electrons. The van der Waals surface area contributed by atoms with Crippen molar-refractivity contribution in [1.82, 2.24) is 0 Å². The fourth-order valence-electron chi connectivity index (χ4n) is 2.20. The summed E-state index contributed by atoms with van der Waals surface area (Å²) < 4.78 is 54.7. The maximum atomic E-state index is 12.8. The van der Waals surface area contributed by atoms with E-state index in [1.807, 2.05) is 0 Å². The summed E-state index contributed by atoms with van der Waals surface area (Å²) in [5.41, 5.74) is 0. The van der Waals surface area contributed by atoms with E-state index in [4.69, 9.17) is 4.55 Å². The Kier molecular flexibility index (Phi) is 4.67. The molecule has 1 aliphatic rings. The molecule has 6 heteroatoms. The highest BCUT2D eigenvalue weighted by atomic mass is 32.2. The van der Waals surface area contributed by atoms with Crippen molar-refractivity contribution in [2.24, 2.45) is 5.92 Å². The molecule has 0 amide bonds. The average Bonchev–Trinajstić information content (AvgIpc) is 2.17. The Labute approximate surface area is 95.0 Å². The number of halogens is 2. The van der Waals surface area contributed by atoms with Crippen LogP contribution in [0.3, 0.4) is 0 Å². The van der Waals surface area contributed by atoms with E-state index in [9.17, 15) is 17.2 Å². The molecule has 1 rings (SSSR count). The summed E-state index contributed by atoms with van der Waals surface area (Å²) >= 11 is 0. The van der Waals surface area contributed by atoms with Gasteiger partial charge in [0.2, 0.25) is 0 Å². The quantitative estimate of drug-likeness (QED) is 0.768. The van der Waals surface area contributed by atoms with Gasteiger partial charge in [0, 0.05) is 6.42 Å². The molecule has 96 valence electrons. The van der Waals surface area contributed by atoms with Gasteiger partial charge in [0.15, 0.2) is 0 Å². The summed E-state index contributed by atoms with van der Waals surface area (Å²) in [6.07, 6.45) is 5.59. The molecule has 1 fully saturated rings. The van der Waals surface area contributed by atoms with Gasteiger partial charge in [-0.2, -0.15) is 17.2 Å². The van der Waals surface area contributed by atoms with Crippen LogP contribution in [0.5, 0.6) is 0 Å². The molecule has 0 aromatic rings. The van der Waals surface area contributed by atoms with Crippen molar-refractivity contribution in [2.45, 2.75) is 56.6 Å². The highest BCUT2D eigenvalue weighted by molar-refractivity contribution is 7.86. The van der Waals surface area contributed by atoms with E-state index in [0.29, 0.717) is 12.3 Å². The highest BCUT2D eigenvalue weighted by Gasteiger charge is 2.43. The van der Waals surface area contributed by atoms with Crippen molar-refractivity contribution in [3.8, 4) is 0 Å². The maximum Gasteiger partial charge on any atom is 0.370 e. The molecular weight excluding hydrogens is 238 g/mol. The lowest BCUT2D eigenvalue weighted by Gasteiger charge is -2.22. The van der Waals surface area contributed by atoms with E-state index < -0.39 is 21.8 Å². The standard InChI is InChI=1S/C10H18F2O3S/c11-10(12,16(13,14)15)8-4-7-9-5-2-1-3-6-9/h9H,1-8H2,(H,13,14,15). The van der Waals surface area contributed by atoms with E-state index in [1.54, 1.807) is 0 Å². The van der Waals surface area contributed by atoms with Crippen molar-refractivity contribution in [1.29, 1.82) is 0 Å². The van der Waals surface area contributed by atoms with E-state index in [1.165, 1.54) is 6.42 Å². The smallest absolute Gasteiger partial charge is 0.281 e. The zero-order valence-electron chi connectivity index (χ0n) is 9.16. The normalized spacial score (nSPS) is 19.9. The molecule has 0 aromatic heterocycles. The Morgan fingerprint density at radius 1 is 1.19 bits per heavy atom. The van der Waals surface area contributed by atoms with Crippen molar-refractivity contribution < 1.29 is 21.8 Å². The molecule has 3 nitrogen and oxygen atoms in total. The first-order chi connectivity index (χ1) is 7.33. The van der Waals surface area contributed by atoms with Gasteiger partial charge < -0.3 is 0 Å². The predicted molar refractivity (Wildman–Crippen MR) is 56.9 cm³/mol. The minimum atomic E-state index is -5.24. The molecule has 0 spiro atoms. The summed E-state index contributed by atoms with van der Waals surface area (Å²) in [6.45, 7) is 0. The Morgan fingerprint density at radius 3 is 2.25 bits per heavy atom. The van der Waals surface area contributed by atoms with Crippen LogP contribution in [-0.2, 0) is 10.1 Å². The predicted octanol–water partition coefficient (Wildman–Crippen LogP) is 3.22. The van der Waals surface area contributed by atoms with Crippen molar-refractivity contribution in [2.75, 3.05) is 0 Å². The molecular formula is C10H18F2O3S. The van der Waals surface area contributed by atoms with Crippen LogP contribution in [0, 0.1) is 5.92 Å². The summed E-state index contributed by atoms with van der Waals surface area (Å²) in [6, 6.07) is 0. The number of hydrogen-bond acceptors (Lipinski definition) is 2. The minimum Gasteiger partial charge on any atom is -0.281 e. The largest absolute Gasteiger partial charge is 0.370 e. The Bertz CT molecular complexity index is 308. The Morgan fingerprint density at radius 2 is 1.75 bits per heavy atom. The summed E-state index contributed by atoms with van der Waals surface area (Å²) in [4.78, 5) is 0. The fourth-order valence-corrected chi connectivity index (χ4v) is 2.60. The molecule has 0 bridgehead atoms. The number of hydrogen-bond donors (Lipinski definition) is 1. The first-order valence-corrected chi connectivity index (χ1v) is 7.12. The zero-order valence-corrected chi connectivity index (χ0v) is 9.98. The second kappa shape index (κ2) is 5.40. The molecule has 0 aliphatic heterocycles. The molecule has 1 N–H and O–H groups in total. The monoisotopic (exact) mass is 256 g/mol. The summed E-state index contributed by atoms with van der Waals surface area (Å²) in [5, 5.41) is -3.98. The third-order valence-corrected chi connectivity index (χ3v) is 4.14. The molecule has 0 unspecified atom stereocenters. The summed E-state index contributed by atoms with van der Waals surface area (Å²) in [5.74, 6) is 0.450. The molecule has 16 heavy (non-hydrogen) atoms. The topological polar surface area (TPSA) is 54.4 Å². The lowest BCUT2D eigenvalue weighted by atomic mass is 9.86. The van der Waals surface area contributed by atoms with Crippen LogP contribution >= 0.6 is 0 Å². The van der Waals surface area contributed by atoms with Gasteiger partial charge in [-0.3, -0.25) is 4.55 Å². The van der Waals surface area contributed by atoms with Gasteiger partial charge in [0.25, 0.3) is 0 Å². The lowest BCUT2D eigenvalue weighted by Crippen LogP contribution is -2.28. The third-order valence-electron chi connectivity index (χ3n) is 3.18. The van der Waals surface area contributed by atoms with Crippen molar-refractivity contribution in [3.05, 3.63) is 0 Å². The molecule has 0 heterocycles. The van der Waals surface area contributed by atoms with E-state index in [0.717, 1.165) is 25.7 Å². The van der Waals surface area contributed by atoms with E-state index in [2.05, 4.69) is 0 Å². The molecule has 1 saturated carbocycles. The van der Waals surface area contributed by atoms with Crippen LogP contribution in [0.4, 0.5) is 8.78 Å². The van der Waals surface area contributed by atoms with Crippen LogP contribution in [0.1, 0.15) is 51.4 Å². The van der Waals surface area contributed by atoms with Crippen LogP contribution in [0.2, 0.25) is 0 Å². The van der Waals surface area contributed by atoms with Crippen LogP contribution in [0.25, 0.3) is 0 Å². The highest BCUT2D eigenvalue weighted by Crippen LogP contribution is 2.31. The van der Waals surface area contributed by atoms with Gasteiger partial charge in [-0.05, 0) is 12.3 Å². The van der Waals surface area contributed by atoms with Crippen LogP contribution < -0.4 is 0 Å². The maximum absolute atomic E-state index is 12.8. The van der Waals surface area contributed by atoms with Gasteiger partial charge in [0.1, 0.15) is 0 Å². The molecule has 0 aromatic carbocycles. The SMILES string of the molecule is O=S(=O)(O)C(F)(F)CCCC1CCCCC1. The van der Waals surface area contributed by atoms with E-state index >= 15 is 0 Å². The van der Waals surface area contributed by atoms with Crippen molar-refractivity contribution in [3.63, 3.8) is 0 Å². The first-order valence-electron chi connectivity index (χ1n) is 5.68. The van der Waals surface area contributed by atoms with Gasteiger partial charge in [-0.15, -0.1) is 0 Å². The van der Waals surface area contributed by atoms with Crippen LogP contribution in [-0.4, -0.2) is 18.2 Å². The first kappa shape index (κ1) is 13.8. The second-order valence-electron chi connectivity index (χ2n) is 4.51. The Balaban J connectivity index is 2.29. The van der Waals surface area contributed by atoms with Gasteiger partial charge >= 0.3 is 15.4 Å². The lowest BCUT2D eigenvalue weighted by molar-refractivity contribution is 0.0664. The van der Waals surface area contributed by atoms with E-state index in [-0.39, 0.29) is 6.42 Å². The average molecular weight is 256 g/mol. The zero-order chi connectivity index (χ0) is 12.2. The molecule has 1 aliphatic carbocycles. The number of alkyl halides is 2. The Hall–Kier alpha value is -0.230. The van der Waals surface area contributed by atoms with Crippen molar-refractivity contribution >= 4 is 10.1 Å². The summed E-state index contributed by atoms with van der Waals surface area (Å²) in [7, 11) is -5.24. The molecule has 0 saturated heterocycles. The van der Waals surface area contributed by atoms with Crippen LogP contribution in [0.15, 0.2) is 0 Å². The minimum absolute atomic E-state index is 0.150. The van der Waals surface area contributed by atoms with Gasteiger partial charge in [-0.1, -0.05) is 38.5 Å². The van der Waals surface area contributed by atoms with Gasteiger partial charge in [-0.25, -0.2) is 0 Å².